The lowest BCUT2D eigenvalue weighted by atomic mass is 9.91. The molecule has 0 amide bonds. The standard InChI is InChI=1S/C44H35N3Si/c1-45-33-14-13-19-36(30-33)47(41-20-11-12-21-42(41)48(2,3)4)40-29-25-32-22-26-37-39(28-24-31-23-27-38(40)44(32)43(31)37)46(34-15-7-5-8-16-34)35-17-9-6-10-18-35/h5-30H,2-4H3. The summed E-state index contributed by atoms with van der Waals surface area (Å²) in [4.78, 5) is 8.55. The van der Waals surface area contributed by atoms with Crippen molar-refractivity contribution in [2.45, 2.75) is 19.6 Å². The van der Waals surface area contributed by atoms with Crippen molar-refractivity contribution in [3.63, 3.8) is 0 Å². The Balaban J connectivity index is 1.43. The molecule has 0 saturated carbocycles. The molecule has 0 bridgehead atoms. The van der Waals surface area contributed by atoms with Crippen LogP contribution in [0.5, 0.6) is 0 Å². The van der Waals surface area contributed by atoms with Crippen LogP contribution in [0.1, 0.15) is 0 Å². The number of rotatable bonds is 7. The smallest absolute Gasteiger partial charge is 0.189 e. The molecule has 0 N–H and O–H groups in total. The van der Waals surface area contributed by atoms with Gasteiger partial charge in [0.1, 0.15) is 0 Å². The van der Waals surface area contributed by atoms with Gasteiger partial charge in [0.05, 0.1) is 26.0 Å². The Morgan fingerprint density at radius 2 is 0.958 bits per heavy atom. The van der Waals surface area contributed by atoms with E-state index >= 15 is 0 Å². The Hall–Kier alpha value is -5.89. The zero-order valence-corrected chi connectivity index (χ0v) is 28.4. The first-order valence-corrected chi connectivity index (χ1v) is 19.9. The van der Waals surface area contributed by atoms with Gasteiger partial charge in [0, 0.05) is 33.5 Å². The van der Waals surface area contributed by atoms with Gasteiger partial charge in [-0.3, -0.25) is 0 Å². The molecule has 0 unspecified atom stereocenters. The van der Waals surface area contributed by atoms with Crippen LogP contribution in [-0.4, -0.2) is 8.07 Å². The highest BCUT2D eigenvalue weighted by Gasteiger charge is 2.26. The van der Waals surface area contributed by atoms with E-state index in [0.29, 0.717) is 5.69 Å². The highest BCUT2D eigenvalue weighted by molar-refractivity contribution is 6.89. The fraction of sp³-hybridized carbons (Fsp3) is 0.0682. The van der Waals surface area contributed by atoms with Crippen molar-refractivity contribution in [3.05, 3.63) is 169 Å². The maximum Gasteiger partial charge on any atom is 0.189 e. The van der Waals surface area contributed by atoms with E-state index in [0.717, 1.165) is 28.4 Å². The predicted octanol–water partition coefficient (Wildman–Crippen LogP) is 12.6. The van der Waals surface area contributed by atoms with E-state index in [9.17, 15) is 0 Å². The van der Waals surface area contributed by atoms with Crippen molar-refractivity contribution in [1.29, 1.82) is 0 Å². The average molecular weight is 634 g/mol. The lowest BCUT2D eigenvalue weighted by Gasteiger charge is -2.33. The number of benzene rings is 8. The van der Waals surface area contributed by atoms with Crippen LogP contribution in [0.25, 0.3) is 37.2 Å². The Labute approximate surface area is 283 Å². The van der Waals surface area contributed by atoms with Gasteiger partial charge in [-0.1, -0.05) is 123 Å². The summed E-state index contributed by atoms with van der Waals surface area (Å²) in [5.74, 6) is 0. The van der Waals surface area contributed by atoms with Gasteiger partial charge in [-0.15, -0.1) is 0 Å². The molecule has 0 aliphatic heterocycles. The molecule has 48 heavy (non-hydrogen) atoms. The third-order valence-electron chi connectivity index (χ3n) is 9.30. The van der Waals surface area contributed by atoms with Gasteiger partial charge in [-0.05, 0) is 81.3 Å². The van der Waals surface area contributed by atoms with Gasteiger partial charge in [0.15, 0.2) is 5.69 Å². The molecule has 8 aromatic rings. The second-order valence-electron chi connectivity index (χ2n) is 13.3. The third kappa shape index (κ3) is 4.97. The summed E-state index contributed by atoms with van der Waals surface area (Å²) in [7, 11) is -1.75. The monoisotopic (exact) mass is 633 g/mol. The van der Waals surface area contributed by atoms with Crippen LogP contribution in [0.15, 0.2) is 158 Å². The lowest BCUT2D eigenvalue weighted by Crippen LogP contribution is -2.40. The largest absolute Gasteiger partial charge is 0.311 e. The van der Waals surface area contributed by atoms with Gasteiger partial charge in [0.25, 0.3) is 0 Å². The van der Waals surface area contributed by atoms with E-state index in [4.69, 9.17) is 6.57 Å². The molecule has 3 nitrogen and oxygen atoms in total. The first kappa shape index (κ1) is 29.5. The molecule has 0 aromatic heterocycles. The quantitative estimate of drug-likeness (QED) is 0.0982. The van der Waals surface area contributed by atoms with E-state index in [1.807, 2.05) is 18.2 Å². The molecule has 0 spiro atoms. The van der Waals surface area contributed by atoms with Crippen LogP contribution < -0.4 is 15.0 Å². The molecule has 0 radical (unpaired) electrons. The summed E-state index contributed by atoms with van der Waals surface area (Å²) < 4.78 is 0. The molecule has 0 fully saturated rings. The van der Waals surface area contributed by atoms with Crippen LogP contribution in [0.4, 0.5) is 39.8 Å². The van der Waals surface area contributed by atoms with Crippen LogP contribution in [0, 0.1) is 6.57 Å². The van der Waals surface area contributed by atoms with Crippen LogP contribution in [0.2, 0.25) is 19.6 Å². The minimum Gasteiger partial charge on any atom is -0.311 e. The van der Waals surface area contributed by atoms with Crippen molar-refractivity contribution < 1.29 is 0 Å². The van der Waals surface area contributed by atoms with E-state index in [1.54, 1.807) is 0 Å². The van der Waals surface area contributed by atoms with Gasteiger partial charge in [-0.2, -0.15) is 0 Å². The topological polar surface area (TPSA) is 10.8 Å². The fourth-order valence-electron chi connectivity index (χ4n) is 7.15. The van der Waals surface area contributed by atoms with Crippen molar-refractivity contribution in [2.75, 3.05) is 9.80 Å². The second-order valence-corrected chi connectivity index (χ2v) is 18.4. The van der Waals surface area contributed by atoms with Crippen molar-refractivity contribution >= 4 is 85.4 Å². The lowest BCUT2D eigenvalue weighted by molar-refractivity contribution is 1.30. The van der Waals surface area contributed by atoms with E-state index in [2.05, 4.69) is 174 Å². The minimum atomic E-state index is -1.75. The molecular weight excluding hydrogens is 599 g/mol. The summed E-state index contributed by atoms with van der Waals surface area (Å²) in [6.45, 7) is 15.0. The maximum absolute atomic E-state index is 7.79. The van der Waals surface area contributed by atoms with Crippen LogP contribution in [-0.2, 0) is 0 Å². The first-order valence-electron chi connectivity index (χ1n) is 16.4. The molecule has 8 aromatic carbocycles. The van der Waals surface area contributed by atoms with Gasteiger partial charge in [-0.25, -0.2) is 4.85 Å². The van der Waals surface area contributed by atoms with Gasteiger partial charge < -0.3 is 9.80 Å². The SMILES string of the molecule is [C-]#[N+]c1cccc(N(c2ccccc2[Si](C)(C)C)c2ccc3ccc4c(N(c5ccccc5)c5ccccc5)ccc5ccc2c3c54)c1. The van der Waals surface area contributed by atoms with Crippen LogP contribution in [0.3, 0.4) is 0 Å². The minimum absolute atomic E-state index is 0.632. The Morgan fingerprint density at radius 1 is 0.458 bits per heavy atom. The molecular formula is C44H35N3Si. The summed E-state index contributed by atoms with van der Waals surface area (Å²) >= 11 is 0. The first-order chi connectivity index (χ1) is 23.4. The molecule has 0 aliphatic carbocycles. The number of para-hydroxylation sites is 3. The average Bonchev–Trinajstić information content (AvgIpc) is 3.12. The third-order valence-corrected chi connectivity index (χ3v) is 11.3. The molecule has 230 valence electrons. The zero-order chi connectivity index (χ0) is 32.8. The molecule has 0 saturated heterocycles. The summed E-state index contributed by atoms with van der Waals surface area (Å²) in [5.41, 5.74) is 7.29. The van der Waals surface area contributed by atoms with E-state index < -0.39 is 8.07 Å². The van der Waals surface area contributed by atoms with Crippen LogP contribution >= 0.6 is 0 Å². The number of hydrogen-bond acceptors (Lipinski definition) is 2. The number of anilines is 6. The number of nitrogens with zero attached hydrogens (tertiary/aromatic N) is 3. The summed E-state index contributed by atoms with van der Waals surface area (Å²) in [6, 6.07) is 56.2. The Kier molecular flexibility index (Phi) is 7.21. The second kappa shape index (κ2) is 11.7. The Bertz CT molecular complexity index is 2420. The highest BCUT2D eigenvalue weighted by atomic mass is 28.3. The van der Waals surface area contributed by atoms with Gasteiger partial charge >= 0.3 is 0 Å². The van der Waals surface area contributed by atoms with E-state index in [-0.39, 0.29) is 0 Å². The fourth-order valence-corrected chi connectivity index (χ4v) is 8.71. The van der Waals surface area contributed by atoms with Crippen molar-refractivity contribution in [3.8, 4) is 0 Å². The molecule has 4 heteroatoms. The number of hydrogen-bond donors (Lipinski definition) is 0. The molecule has 0 atom stereocenters. The maximum atomic E-state index is 7.79. The summed E-state index contributed by atoms with van der Waals surface area (Å²) in [6.07, 6.45) is 0. The summed E-state index contributed by atoms with van der Waals surface area (Å²) in [5, 5.41) is 8.72. The Morgan fingerprint density at radius 3 is 1.52 bits per heavy atom. The van der Waals surface area contributed by atoms with E-state index in [1.165, 1.54) is 43.2 Å². The molecule has 0 aliphatic rings. The van der Waals surface area contributed by atoms with Crippen molar-refractivity contribution in [1.82, 2.24) is 0 Å². The normalized spacial score (nSPS) is 11.6. The zero-order valence-electron chi connectivity index (χ0n) is 27.4. The molecule has 0 heterocycles. The molecule has 8 rings (SSSR count). The highest BCUT2D eigenvalue weighted by Crippen LogP contribution is 2.47. The van der Waals surface area contributed by atoms with Gasteiger partial charge in [0.2, 0.25) is 0 Å². The predicted molar refractivity (Wildman–Crippen MR) is 209 cm³/mol. The van der Waals surface area contributed by atoms with Crippen molar-refractivity contribution in [2.24, 2.45) is 0 Å².